The van der Waals surface area contributed by atoms with Crippen molar-refractivity contribution in [3.05, 3.63) is 88.5 Å². The van der Waals surface area contributed by atoms with Crippen molar-refractivity contribution in [2.75, 3.05) is 37.2 Å². The highest BCUT2D eigenvalue weighted by Crippen LogP contribution is 2.41. The van der Waals surface area contributed by atoms with Crippen LogP contribution in [0.4, 0.5) is 17.1 Å². The summed E-state index contributed by atoms with van der Waals surface area (Å²) in [5.41, 5.74) is 2.87. The summed E-state index contributed by atoms with van der Waals surface area (Å²) in [5.74, 6) is 1.61. The first kappa shape index (κ1) is 20.5. The van der Waals surface area contributed by atoms with Gasteiger partial charge < -0.3 is 19.3 Å². The summed E-state index contributed by atoms with van der Waals surface area (Å²) < 4.78 is 10.6. The maximum atomic E-state index is 11.1. The molecule has 0 saturated carbocycles. The van der Waals surface area contributed by atoms with E-state index in [-0.39, 0.29) is 16.1 Å². The molecule has 3 aromatic carbocycles. The second kappa shape index (κ2) is 8.18. The Morgan fingerprint density at radius 3 is 1.84 bits per heavy atom. The Morgan fingerprint density at radius 1 is 0.839 bits per heavy atom. The van der Waals surface area contributed by atoms with Gasteiger partial charge in [-0.1, -0.05) is 0 Å². The van der Waals surface area contributed by atoms with Gasteiger partial charge in [0.2, 0.25) is 0 Å². The molecule has 7 heteroatoms. The molecule has 0 radical (unpaired) electrons. The van der Waals surface area contributed by atoms with Crippen LogP contribution in [0.2, 0.25) is 0 Å². The van der Waals surface area contributed by atoms with Gasteiger partial charge in [-0.05, 0) is 73.2 Å². The summed E-state index contributed by atoms with van der Waals surface area (Å²) in [7, 11) is 3.30. The molecule has 1 fully saturated rings. The van der Waals surface area contributed by atoms with Crippen molar-refractivity contribution >= 4 is 17.1 Å². The predicted octanol–water partition coefficient (Wildman–Crippen LogP) is 4.81. The lowest BCUT2D eigenvalue weighted by Crippen LogP contribution is -2.40. The highest BCUT2D eigenvalue weighted by atomic mass is 16.6. The maximum absolute atomic E-state index is 11.1. The fraction of sp³-hybridized carbons (Fsp3) is 0.250. The monoisotopic (exact) mass is 419 g/mol. The third kappa shape index (κ3) is 3.86. The summed E-state index contributed by atoms with van der Waals surface area (Å²) in [4.78, 5) is 15.4. The number of ether oxygens (including phenoxy) is 2. The van der Waals surface area contributed by atoms with Crippen molar-refractivity contribution in [3.8, 4) is 11.5 Å². The fourth-order valence-electron chi connectivity index (χ4n) is 4.12. The fourth-order valence-corrected chi connectivity index (χ4v) is 4.12. The van der Waals surface area contributed by atoms with Crippen LogP contribution in [0.5, 0.6) is 11.5 Å². The molecule has 0 aromatic heterocycles. The summed E-state index contributed by atoms with van der Waals surface area (Å²) >= 11 is 0. The molecule has 160 valence electrons. The van der Waals surface area contributed by atoms with Gasteiger partial charge >= 0.3 is 0 Å². The van der Waals surface area contributed by atoms with Gasteiger partial charge in [0.15, 0.2) is 0 Å². The van der Waals surface area contributed by atoms with E-state index in [9.17, 15) is 10.1 Å². The van der Waals surface area contributed by atoms with Crippen LogP contribution in [0.15, 0.2) is 72.8 Å². The number of methoxy groups -OCH3 is 2. The molecule has 1 heterocycles. The zero-order chi connectivity index (χ0) is 22.0. The van der Waals surface area contributed by atoms with Gasteiger partial charge in [0.1, 0.15) is 11.5 Å². The molecule has 4 rings (SSSR count). The average Bonchev–Trinajstić information content (AvgIpc) is 3.18. The number of nitrogens with zero attached hydrogens (tertiary/aromatic N) is 3. The number of anilines is 2. The van der Waals surface area contributed by atoms with Crippen molar-refractivity contribution in [1.82, 2.24) is 0 Å². The summed E-state index contributed by atoms with van der Waals surface area (Å²) in [6, 6.07) is 22.8. The highest BCUT2D eigenvalue weighted by molar-refractivity contribution is 5.61. The second-order valence-electron chi connectivity index (χ2n) is 7.74. The van der Waals surface area contributed by atoms with Gasteiger partial charge in [-0.2, -0.15) is 0 Å². The van der Waals surface area contributed by atoms with E-state index in [1.54, 1.807) is 26.4 Å². The molecule has 1 aliphatic heterocycles. The van der Waals surface area contributed by atoms with E-state index in [1.807, 2.05) is 60.7 Å². The molecular formula is C24H25N3O4. The molecular weight excluding hydrogens is 394 g/mol. The molecule has 1 saturated heterocycles. The third-order valence-electron chi connectivity index (χ3n) is 5.93. The smallest absolute Gasteiger partial charge is 0.269 e. The van der Waals surface area contributed by atoms with Gasteiger partial charge in [-0.3, -0.25) is 10.1 Å². The Labute approximate surface area is 181 Å². The Balaban J connectivity index is 1.73. The normalized spacial score (nSPS) is 18.2. The van der Waals surface area contributed by atoms with E-state index < -0.39 is 0 Å². The summed E-state index contributed by atoms with van der Waals surface area (Å²) in [5, 5.41) is 11.1. The van der Waals surface area contributed by atoms with Crippen molar-refractivity contribution in [2.24, 2.45) is 0 Å². The van der Waals surface area contributed by atoms with E-state index in [0.29, 0.717) is 6.67 Å². The van der Waals surface area contributed by atoms with Gasteiger partial charge in [-0.15, -0.1) is 0 Å². The number of nitro benzene ring substituents is 1. The first-order chi connectivity index (χ1) is 14.9. The molecule has 1 unspecified atom stereocenters. The van der Waals surface area contributed by atoms with E-state index in [0.717, 1.165) is 35.0 Å². The zero-order valence-electron chi connectivity index (χ0n) is 17.8. The van der Waals surface area contributed by atoms with E-state index in [4.69, 9.17) is 9.47 Å². The standard InChI is InChI=1S/C24H25N3O4/c1-24(18-4-6-21(7-5-18)27(28)29)16-25(19-8-12-22(30-2)13-9-19)17-26(24)20-10-14-23(31-3)15-11-20/h4-15H,16-17H2,1-3H3. The van der Waals surface area contributed by atoms with Crippen molar-refractivity contribution < 1.29 is 14.4 Å². The lowest BCUT2D eigenvalue weighted by Gasteiger charge is -2.36. The number of benzene rings is 3. The number of hydrogen-bond acceptors (Lipinski definition) is 6. The van der Waals surface area contributed by atoms with Crippen molar-refractivity contribution in [1.29, 1.82) is 0 Å². The van der Waals surface area contributed by atoms with Crippen LogP contribution in [0, 0.1) is 10.1 Å². The van der Waals surface area contributed by atoms with Crippen LogP contribution in [0.25, 0.3) is 0 Å². The van der Waals surface area contributed by atoms with Gasteiger partial charge in [0.05, 0.1) is 31.4 Å². The van der Waals surface area contributed by atoms with Crippen molar-refractivity contribution in [2.45, 2.75) is 12.5 Å². The number of rotatable bonds is 6. The molecule has 1 atom stereocenters. The van der Waals surface area contributed by atoms with Crippen LogP contribution in [0.1, 0.15) is 12.5 Å². The average molecular weight is 419 g/mol. The quantitative estimate of drug-likeness (QED) is 0.422. The Bertz CT molecular complexity index is 1050. The second-order valence-corrected chi connectivity index (χ2v) is 7.74. The largest absolute Gasteiger partial charge is 0.497 e. The highest BCUT2D eigenvalue weighted by Gasteiger charge is 2.42. The van der Waals surface area contributed by atoms with E-state index >= 15 is 0 Å². The minimum atomic E-state index is -0.385. The lowest BCUT2D eigenvalue weighted by atomic mass is 9.90. The zero-order valence-corrected chi connectivity index (χ0v) is 17.8. The number of hydrogen-bond donors (Lipinski definition) is 0. The first-order valence-electron chi connectivity index (χ1n) is 10.0. The topological polar surface area (TPSA) is 68.1 Å². The van der Waals surface area contributed by atoms with Crippen LogP contribution in [-0.4, -0.2) is 32.4 Å². The third-order valence-corrected chi connectivity index (χ3v) is 5.93. The Kier molecular flexibility index (Phi) is 5.42. The number of non-ortho nitro benzene ring substituents is 1. The van der Waals surface area contributed by atoms with Crippen LogP contribution >= 0.6 is 0 Å². The maximum Gasteiger partial charge on any atom is 0.269 e. The molecule has 0 aliphatic carbocycles. The molecule has 3 aromatic rings. The lowest BCUT2D eigenvalue weighted by molar-refractivity contribution is -0.384. The summed E-state index contributed by atoms with van der Waals surface area (Å²) in [6.07, 6.45) is 0. The summed E-state index contributed by atoms with van der Waals surface area (Å²) in [6.45, 7) is 3.57. The molecule has 31 heavy (non-hydrogen) atoms. The molecule has 0 N–H and O–H groups in total. The first-order valence-corrected chi connectivity index (χ1v) is 10.0. The number of nitro groups is 1. The molecule has 1 aliphatic rings. The van der Waals surface area contributed by atoms with E-state index in [1.165, 1.54) is 0 Å². The Morgan fingerprint density at radius 2 is 1.35 bits per heavy atom. The molecule has 0 amide bonds. The van der Waals surface area contributed by atoms with Crippen LogP contribution in [-0.2, 0) is 5.54 Å². The SMILES string of the molecule is COc1ccc(N2CN(c3ccc(OC)cc3)C(C)(c3ccc([N+](=O)[O-])cc3)C2)cc1. The van der Waals surface area contributed by atoms with Crippen molar-refractivity contribution in [3.63, 3.8) is 0 Å². The van der Waals surface area contributed by atoms with Gasteiger partial charge in [0.25, 0.3) is 5.69 Å². The molecule has 7 nitrogen and oxygen atoms in total. The van der Waals surface area contributed by atoms with Gasteiger partial charge in [0, 0.05) is 30.1 Å². The molecule has 0 bridgehead atoms. The minimum absolute atomic E-state index is 0.0911. The van der Waals surface area contributed by atoms with Crippen LogP contribution in [0.3, 0.4) is 0 Å². The molecule has 0 spiro atoms. The Hall–Kier alpha value is -3.74. The predicted molar refractivity (Wildman–Crippen MR) is 121 cm³/mol. The van der Waals surface area contributed by atoms with Crippen LogP contribution < -0.4 is 19.3 Å². The van der Waals surface area contributed by atoms with E-state index in [2.05, 4.69) is 16.7 Å². The minimum Gasteiger partial charge on any atom is -0.497 e. The van der Waals surface area contributed by atoms with Gasteiger partial charge in [-0.25, -0.2) is 0 Å².